The minimum Gasteiger partial charge on any atom is -0.458 e. The topological polar surface area (TPSA) is 33.4 Å². The predicted octanol–water partition coefficient (Wildman–Crippen LogP) is 4.47. The summed E-state index contributed by atoms with van der Waals surface area (Å²) in [7, 11) is 0. The summed E-state index contributed by atoms with van der Waals surface area (Å²) < 4.78 is 5.90. The normalized spacial score (nSPS) is 30.6. The smallest absolute Gasteiger partial charge is 0.136 e. The van der Waals surface area contributed by atoms with Gasteiger partial charge in [-0.3, -0.25) is 0 Å². The van der Waals surface area contributed by atoms with Crippen LogP contribution < -0.4 is 0 Å². The Bertz CT molecular complexity index is 563. The third-order valence-corrected chi connectivity index (χ3v) is 4.24. The number of aliphatic hydroxyl groups is 1. The van der Waals surface area contributed by atoms with E-state index >= 15 is 0 Å². The summed E-state index contributed by atoms with van der Waals surface area (Å²) in [5, 5.41) is 12.1. The zero-order chi connectivity index (χ0) is 13.7. The summed E-state index contributed by atoms with van der Waals surface area (Å²) in [5.74, 6) is 1.25. The zero-order valence-electron chi connectivity index (χ0n) is 11.9. The van der Waals surface area contributed by atoms with Crippen molar-refractivity contribution in [3.63, 3.8) is 0 Å². The van der Waals surface area contributed by atoms with Crippen LogP contribution in [0.2, 0.25) is 0 Å². The van der Waals surface area contributed by atoms with Gasteiger partial charge >= 0.3 is 0 Å². The molecule has 1 fully saturated rings. The standard InChI is InChI=1S/C17H22O2/c1-12-9-16(2,3)11-17(18,10-12)15-8-13-6-4-5-7-14(13)19-15/h4-8,12,18H,9-11H2,1-3H3. The van der Waals surface area contributed by atoms with E-state index in [1.807, 2.05) is 30.3 Å². The Morgan fingerprint density at radius 1 is 1.21 bits per heavy atom. The maximum atomic E-state index is 11.1. The molecule has 2 atom stereocenters. The van der Waals surface area contributed by atoms with Gasteiger partial charge in [-0.25, -0.2) is 0 Å². The largest absolute Gasteiger partial charge is 0.458 e. The quantitative estimate of drug-likeness (QED) is 0.819. The van der Waals surface area contributed by atoms with E-state index in [0.717, 1.165) is 36.0 Å². The number of hydrogen-bond donors (Lipinski definition) is 1. The molecule has 2 heteroatoms. The van der Waals surface area contributed by atoms with Gasteiger partial charge in [0.25, 0.3) is 0 Å². The minimum absolute atomic E-state index is 0.158. The molecule has 1 aliphatic carbocycles. The average molecular weight is 258 g/mol. The first-order valence-electron chi connectivity index (χ1n) is 7.09. The van der Waals surface area contributed by atoms with E-state index in [1.165, 1.54) is 0 Å². The van der Waals surface area contributed by atoms with Crippen molar-refractivity contribution < 1.29 is 9.52 Å². The van der Waals surface area contributed by atoms with Crippen LogP contribution in [-0.2, 0) is 5.60 Å². The van der Waals surface area contributed by atoms with Crippen LogP contribution in [0.5, 0.6) is 0 Å². The van der Waals surface area contributed by atoms with Gasteiger partial charge in [0, 0.05) is 5.39 Å². The monoisotopic (exact) mass is 258 g/mol. The highest BCUT2D eigenvalue weighted by Gasteiger charge is 2.44. The van der Waals surface area contributed by atoms with Crippen LogP contribution in [0.4, 0.5) is 0 Å². The van der Waals surface area contributed by atoms with Gasteiger partial charge in [-0.15, -0.1) is 0 Å². The highest BCUT2D eigenvalue weighted by atomic mass is 16.4. The summed E-state index contributed by atoms with van der Waals surface area (Å²) in [6, 6.07) is 9.96. The maximum absolute atomic E-state index is 11.1. The molecule has 102 valence electrons. The Hall–Kier alpha value is -1.28. The molecule has 1 aromatic carbocycles. The van der Waals surface area contributed by atoms with Crippen molar-refractivity contribution >= 4 is 11.0 Å². The molecular weight excluding hydrogens is 236 g/mol. The van der Waals surface area contributed by atoms with Crippen molar-refractivity contribution in [1.29, 1.82) is 0 Å². The molecule has 2 nitrogen and oxygen atoms in total. The molecule has 1 aliphatic rings. The van der Waals surface area contributed by atoms with Crippen molar-refractivity contribution in [2.24, 2.45) is 11.3 Å². The highest BCUT2D eigenvalue weighted by Crippen LogP contribution is 2.49. The van der Waals surface area contributed by atoms with Gasteiger partial charge in [-0.2, -0.15) is 0 Å². The van der Waals surface area contributed by atoms with Gasteiger partial charge in [0.15, 0.2) is 0 Å². The summed E-state index contributed by atoms with van der Waals surface area (Å²) in [5.41, 5.74) is 0.202. The van der Waals surface area contributed by atoms with E-state index in [2.05, 4.69) is 20.8 Å². The minimum atomic E-state index is -0.819. The van der Waals surface area contributed by atoms with E-state index in [1.54, 1.807) is 0 Å². The molecule has 0 amide bonds. The van der Waals surface area contributed by atoms with Crippen LogP contribution in [0.1, 0.15) is 45.8 Å². The lowest BCUT2D eigenvalue weighted by Crippen LogP contribution is -2.39. The van der Waals surface area contributed by atoms with Crippen molar-refractivity contribution in [3.05, 3.63) is 36.1 Å². The second-order valence-corrected chi connectivity index (χ2v) is 7.03. The fourth-order valence-corrected chi connectivity index (χ4v) is 3.93. The first-order chi connectivity index (χ1) is 8.88. The van der Waals surface area contributed by atoms with Crippen molar-refractivity contribution in [2.75, 3.05) is 0 Å². The maximum Gasteiger partial charge on any atom is 0.136 e. The van der Waals surface area contributed by atoms with Crippen LogP contribution >= 0.6 is 0 Å². The molecule has 2 aromatic rings. The summed E-state index contributed by atoms with van der Waals surface area (Å²) in [6.07, 6.45) is 2.72. The third kappa shape index (κ3) is 2.30. The second-order valence-electron chi connectivity index (χ2n) is 7.03. The lowest BCUT2D eigenvalue weighted by atomic mass is 9.65. The van der Waals surface area contributed by atoms with Gasteiger partial charge in [0.1, 0.15) is 16.9 Å². The van der Waals surface area contributed by atoms with Crippen LogP contribution in [0.3, 0.4) is 0 Å². The molecule has 0 saturated heterocycles. The van der Waals surface area contributed by atoms with E-state index in [9.17, 15) is 5.11 Å². The molecular formula is C17H22O2. The lowest BCUT2D eigenvalue weighted by Gasteiger charge is -2.43. The van der Waals surface area contributed by atoms with Crippen LogP contribution in [-0.4, -0.2) is 5.11 Å². The van der Waals surface area contributed by atoms with E-state index in [4.69, 9.17) is 4.42 Å². The van der Waals surface area contributed by atoms with Gasteiger partial charge in [-0.1, -0.05) is 39.0 Å². The average Bonchev–Trinajstić information content (AvgIpc) is 2.69. The molecule has 0 radical (unpaired) electrons. The predicted molar refractivity (Wildman–Crippen MR) is 76.9 cm³/mol. The number of hydrogen-bond acceptors (Lipinski definition) is 2. The summed E-state index contributed by atoms with van der Waals surface area (Å²) in [4.78, 5) is 0. The Balaban J connectivity index is 2.03. The Labute approximate surface area is 114 Å². The van der Waals surface area contributed by atoms with Crippen molar-refractivity contribution in [3.8, 4) is 0 Å². The fraction of sp³-hybridized carbons (Fsp3) is 0.529. The van der Waals surface area contributed by atoms with Gasteiger partial charge in [-0.05, 0) is 42.7 Å². The van der Waals surface area contributed by atoms with Crippen molar-refractivity contribution in [2.45, 2.75) is 45.6 Å². The number of furan rings is 1. The van der Waals surface area contributed by atoms with Gasteiger partial charge < -0.3 is 9.52 Å². The van der Waals surface area contributed by atoms with E-state index < -0.39 is 5.60 Å². The van der Waals surface area contributed by atoms with Crippen LogP contribution in [0, 0.1) is 11.3 Å². The number of rotatable bonds is 1. The molecule has 0 bridgehead atoms. The Morgan fingerprint density at radius 2 is 1.95 bits per heavy atom. The molecule has 19 heavy (non-hydrogen) atoms. The molecule has 1 heterocycles. The molecule has 0 aliphatic heterocycles. The molecule has 0 spiro atoms. The van der Waals surface area contributed by atoms with E-state index in [-0.39, 0.29) is 5.41 Å². The Kier molecular flexibility index (Phi) is 2.75. The number of benzene rings is 1. The van der Waals surface area contributed by atoms with Crippen molar-refractivity contribution in [1.82, 2.24) is 0 Å². The van der Waals surface area contributed by atoms with E-state index in [0.29, 0.717) is 5.92 Å². The fourth-order valence-electron chi connectivity index (χ4n) is 3.93. The third-order valence-electron chi connectivity index (χ3n) is 4.24. The highest BCUT2D eigenvalue weighted by molar-refractivity contribution is 5.77. The van der Waals surface area contributed by atoms with Gasteiger partial charge in [0.2, 0.25) is 0 Å². The first kappa shape index (κ1) is 12.7. The number of para-hydroxylation sites is 1. The Morgan fingerprint density at radius 3 is 2.63 bits per heavy atom. The molecule has 1 aromatic heterocycles. The van der Waals surface area contributed by atoms with Crippen LogP contribution in [0.15, 0.2) is 34.7 Å². The molecule has 2 unspecified atom stereocenters. The summed E-state index contributed by atoms with van der Waals surface area (Å²) in [6.45, 7) is 6.68. The van der Waals surface area contributed by atoms with Gasteiger partial charge in [0.05, 0.1) is 0 Å². The van der Waals surface area contributed by atoms with Crippen LogP contribution in [0.25, 0.3) is 11.0 Å². The SMILES string of the molecule is CC1CC(C)(C)CC(O)(c2cc3ccccc3o2)C1. The second kappa shape index (κ2) is 4.11. The molecule has 1 N–H and O–H groups in total. The first-order valence-corrected chi connectivity index (χ1v) is 7.09. The lowest BCUT2D eigenvalue weighted by molar-refractivity contribution is -0.0767. The molecule has 3 rings (SSSR count). The summed E-state index contributed by atoms with van der Waals surface area (Å²) >= 11 is 0. The molecule has 1 saturated carbocycles. The number of fused-ring (bicyclic) bond motifs is 1. The zero-order valence-corrected chi connectivity index (χ0v) is 11.9.